The number of halogens is 3. The van der Waals surface area contributed by atoms with Crippen LogP contribution in [0.2, 0.25) is 0 Å². The van der Waals surface area contributed by atoms with E-state index < -0.39 is 11.9 Å². The Hall–Kier alpha value is -2.97. The van der Waals surface area contributed by atoms with Crippen molar-refractivity contribution in [1.29, 1.82) is 0 Å². The molecule has 0 N–H and O–H groups in total. The van der Waals surface area contributed by atoms with Crippen molar-refractivity contribution in [3.8, 4) is 0 Å². The van der Waals surface area contributed by atoms with Gasteiger partial charge in [0.15, 0.2) is 5.69 Å². The largest absolute Gasteiger partial charge is 0.433 e. The molecule has 0 saturated carbocycles. The van der Waals surface area contributed by atoms with Crippen LogP contribution in [0.1, 0.15) is 58.1 Å². The predicted octanol–water partition coefficient (Wildman–Crippen LogP) is 3.65. The Labute approximate surface area is 170 Å². The number of amides is 1. The van der Waals surface area contributed by atoms with E-state index in [0.717, 1.165) is 36.2 Å². The smallest absolute Gasteiger partial charge is 0.339 e. The van der Waals surface area contributed by atoms with Crippen molar-refractivity contribution in [3.05, 3.63) is 58.7 Å². The number of aromatic nitrogens is 4. The minimum absolute atomic E-state index is 0.0139. The molecule has 3 heterocycles. The average molecular weight is 415 g/mol. The third-order valence-corrected chi connectivity index (χ3v) is 6.11. The third-order valence-electron chi connectivity index (χ3n) is 6.11. The fourth-order valence-electron chi connectivity index (χ4n) is 4.51. The first-order chi connectivity index (χ1) is 14.4. The van der Waals surface area contributed by atoms with Gasteiger partial charge >= 0.3 is 6.18 Å². The summed E-state index contributed by atoms with van der Waals surface area (Å²) in [4.78, 5) is 22.8. The summed E-state index contributed by atoms with van der Waals surface area (Å²) >= 11 is 0. The lowest BCUT2D eigenvalue weighted by atomic mass is 9.92. The van der Waals surface area contributed by atoms with Crippen molar-refractivity contribution in [2.75, 3.05) is 13.1 Å². The van der Waals surface area contributed by atoms with Gasteiger partial charge in [-0.15, -0.1) is 0 Å². The van der Waals surface area contributed by atoms with E-state index in [0.29, 0.717) is 37.2 Å². The second-order valence-corrected chi connectivity index (χ2v) is 7.94. The van der Waals surface area contributed by atoms with E-state index in [9.17, 15) is 18.0 Å². The Balaban J connectivity index is 1.33. The molecule has 2 aromatic heterocycles. The van der Waals surface area contributed by atoms with Gasteiger partial charge in [-0.1, -0.05) is 6.07 Å². The Morgan fingerprint density at radius 3 is 2.60 bits per heavy atom. The molecule has 30 heavy (non-hydrogen) atoms. The number of benzene rings is 1. The van der Waals surface area contributed by atoms with E-state index in [4.69, 9.17) is 0 Å². The molecule has 0 radical (unpaired) electrons. The van der Waals surface area contributed by atoms with Crippen molar-refractivity contribution in [3.63, 3.8) is 0 Å². The highest BCUT2D eigenvalue weighted by Crippen LogP contribution is 2.34. The highest BCUT2D eigenvalue weighted by atomic mass is 19.4. The van der Waals surface area contributed by atoms with Crippen molar-refractivity contribution < 1.29 is 18.0 Å². The number of rotatable bonds is 2. The first kappa shape index (κ1) is 19.0. The highest BCUT2D eigenvalue weighted by Gasteiger charge is 2.36. The molecule has 1 saturated heterocycles. The van der Waals surface area contributed by atoms with Gasteiger partial charge in [-0.3, -0.25) is 4.79 Å². The normalized spacial score (nSPS) is 17.5. The van der Waals surface area contributed by atoms with Crippen molar-refractivity contribution in [2.24, 2.45) is 0 Å². The summed E-state index contributed by atoms with van der Waals surface area (Å²) in [5.41, 5.74) is 2.74. The van der Waals surface area contributed by atoms with Crippen molar-refractivity contribution in [1.82, 2.24) is 24.5 Å². The van der Waals surface area contributed by atoms with Crippen molar-refractivity contribution in [2.45, 2.75) is 44.2 Å². The number of fused-ring (bicyclic) bond motifs is 2. The zero-order valence-electron chi connectivity index (χ0n) is 16.2. The maximum absolute atomic E-state index is 13.4. The summed E-state index contributed by atoms with van der Waals surface area (Å²) in [5, 5.41) is 3.64. The summed E-state index contributed by atoms with van der Waals surface area (Å²) in [6.45, 7) is 0.975. The number of hydrogen-bond donors (Lipinski definition) is 0. The molecule has 3 aromatic rings. The fourth-order valence-corrected chi connectivity index (χ4v) is 4.51. The molecule has 1 aromatic carbocycles. The summed E-state index contributed by atoms with van der Waals surface area (Å²) < 4.78 is 41.0. The molecule has 156 valence electrons. The molecule has 0 spiro atoms. The topological polar surface area (TPSA) is 63.4 Å². The van der Waals surface area contributed by atoms with Crippen LogP contribution >= 0.6 is 0 Å². The molecule has 2 aliphatic rings. The molecule has 1 fully saturated rings. The summed E-state index contributed by atoms with van der Waals surface area (Å²) in [6.07, 6.45) is 0.848. The number of piperidine rings is 1. The second kappa shape index (κ2) is 7.07. The molecule has 0 unspecified atom stereocenters. The number of nitrogens with zero attached hydrogens (tertiary/aromatic N) is 5. The Bertz CT molecular complexity index is 1120. The van der Waals surface area contributed by atoms with Crippen LogP contribution in [-0.2, 0) is 19.0 Å². The van der Waals surface area contributed by atoms with Gasteiger partial charge in [-0.25, -0.2) is 4.98 Å². The third kappa shape index (κ3) is 3.32. The number of alkyl halides is 3. The monoisotopic (exact) mass is 415 g/mol. The lowest BCUT2D eigenvalue weighted by Gasteiger charge is -2.32. The van der Waals surface area contributed by atoms with Crippen LogP contribution in [0, 0.1) is 0 Å². The van der Waals surface area contributed by atoms with Gasteiger partial charge in [0.2, 0.25) is 0 Å². The lowest BCUT2D eigenvalue weighted by molar-refractivity contribution is -0.142. The molecule has 1 aliphatic heterocycles. The Morgan fingerprint density at radius 2 is 1.83 bits per heavy atom. The minimum atomic E-state index is -4.55. The van der Waals surface area contributed by atoms with Crippen LogP contribution in [-0.4, -0.2) is 43.5 Å². The summed E-state index contributed by atoms with van der Waals surface area (Å²) in [6, 6.07) is 6.98. The first-order valence-electron chi connectivity index (χ1n) is 10.1. The van der Waals surface area contributed by atoms with Crippen LogP contribution in [0.5, 0.6) is 0 Å². The van der Waals surface area contributed by atoms with E-state index in [-0.39, 0.29) is 17.6 Å². The van der Waals surface area contributed by atoms with Gasteiger partial charge in [-0.2, -0.15) is 27.8 Å². The molecule has 6 nitrogen and oxygen atoms in total. The maximum atomic E-state index is 13.4. The van der Waals surface area contributed by atoms with Crippen LogP contribution in [0.3, 0.4) is 0 Å². The molecule has 1 amide bonds. The van der Waals surface area contributed by atoms with E-state index >= 15 is 0 Å². The average Bonchev–Trinajstić information content (AvgIpc) is 3.40. The van der Waals surface area contributed by atoms with E-state index in [1.54, 1.807) is 4.90 Å². The molecule has 1 aliphatic carbocycles. The number of hydrogen-bond acceptors (Lipinski definition) is 4. The van der Waals surface area contributed by atoms with Crippen LogP contribution in [0.25, 0.3) is 5.78 Å². The molecular formula is C21H20F3N5O. The van der Waals surface area contributed by atoms with E-state index in [1.165, 1.54) is 11.1 Å². The highest BCUT2D eigenvalue weighted by molar-refractivity contribution is 5.94. The zero-order chi connectivity index (χ0) is 20.9. The Morgan fingerprint density at radius 1 is 1.07 bits per heavy atom. The van der Waals surface area contributed by atoms with Gasteiger partial charge < -0.3 is 4.90 Å². The summed E-state index contributed by atoms with van der Waals surface area (Å²) in [5.74, 6) is -0.228. The van der Waals surface area contributed by atoms with E-state index in [1.807, 2.05) is 18.2 Å². The maximum Gasteiger partial charge on any atom is 0.433 e. The number of carbonyl (C=O) groups excluding carboxylic acids is 1. The fraction of sp³-hybridized carbons (Fsp3) is 0.429. The van der Waals surface area contributed by atoms with Crippen LogP contribution in [0.15, 0.2) is 30.6 Å². The second-order valence-electron chi connectivity index (χ2n) is 7.94. The molecule has 9 heteroatoms. The number of aryl methyl sites for hydroxylation is 2. The number of likely N-dealkylation sites (tertiary alicyclic amines) is 1. The SMILES string of the molecule is O=C(c1ccc2c(c1)CCC2)N1CCC(c2cc(C(F)(F)F)n3ncnc3n2)CC1. The van der Waals surface area contributed by atoms with Gasteiger partial charge in [0, 0.05) is 30.3 Å². The van der Waals surface area contributed by atoms with Gasteiger partial charge in [0.1, 0.15) is 6.33 Å². The van der Waals surface area contributed by atoms with Gasteiger partial charge in [-0.05, 0) is 61.4 Å². The van der Waals surface area contributed by atoms with Crippen molar-refractivity contribution >= 4 is 11.7 Å². The van der Waals surface area contributed by atoms with Crippen LogP contribution in [0.4, 0.5) is 13.2 Å². The van der Waals surface area contributed by atoms with Gasteiger partial charge in [0.25, 0.3) is 11.7 Å². The Kier molecular flexibility index (Phi) is 4.48. The molecule has 5 rings (SSSR count). The molecular weight excluding hydrogens is 395 g/mol. The zero-order valence-corrected chi connectivity index (χ0v) is 16.2. The standard InChI is InChI=1S/C21H20F3N5O/c22-21(23,24)18-11-17(27-20-25-12-26-29(18)20)14-6-8-28(9-7-14)19(30)16-5-4-13-2-1-3-15(13)10-16/h4-5,10-12,14H,1-3,6-9H2. The lowest BCUT2D eigenvalue weighted by Crippen LogP contribution is -2.38. The molecule has 0 atom stereocenters. The predicted molar refractivity (Wildman–Crippen MR) is 102 cm³/mol. The summed E-state index contributed by atoms with van der Waals surface area (Å²) in [7, 11) is 0. The minimum Gasteiger partial charge on any atom is -0.339 e. The van der Waals surface area contributed by atoms with Gasteiger partial charge in [0.05, 0.1) is 0 Å². The van der Waals surface area contributed by atoms with E-state index in [2.05, 4.69) is 15.1 Å². The first-order valence-corrected chi connectivity index (χ1v) is 10.1. The molecule has 0 bridgehead atoms. The number of carbonyl (C=O) groups is 1. The van der Waals surface area contributed by atoms with Crippen LogP contribution < -0.4 is 0 Å². The quantitative estimate of drug-likeness (QED) is 0.641.